The normalized spacial score (nSPS) is 10.6. The van der Waals surface area contributed by atoms with E-state index in [1.54, 1.807) is 6.92 Å². The fourth-order valence-corrected chi connectivity index (χ4v) is 1.72. The molecule has 0 aliphatic heterocycles. The molecule has 17 heavy (non-hydrogen) atoms. The summed E-state index contributed by atoms with van der Waals surface area (Å²) < 4.78 is 29.8. The van der Waals surface area contributed by atoms with Crippen molar-refractivity contribution in [3.8, 4) is 0 Å². The molecule has 0 spiro atoms. The van der Waals surface area contributed by atoms with Crippen molar-refractivity contribution in [2.24, 2.45) is 0 Å². The Kier molecular flexibility index (Phi) is 4.80. The van der Waals surface area contributed by atoms with E-state index in [2.05, 4.69) is 20.7 Å². The van der Waals surface area contributed by atoms with Crippen LogP contribution in [0.2, 0.25) is 0 Å². The molecule has 0 aliphatic carbocycles. The molecule has 0 bridgehead atoms. The van der Waals surface area contributed by atoms with Crippen LogP contribution in [0.1, 0.15) is 35.0 Å². The average Bonchev–Trinajstić information content (AvgIpc) is 2.28. The molecule has 0 atom stereocenters. The van der Waals surface area contributed by atoms with Gasteiger partial charge in [-0.25, -0.2) is 13.6 Å². The van der Waals surface area contributed by atoms with Gasteiger partial charge >= 0.3 is 5.97 Å². The minimum Gasteiger partial charge on any atom is -0.462 e. The van der Waals surface area contributed by atoms with Crippen molar-refractivity contribution in [2.75, 3.05) is 6.61 Å². The predicted molar refractivity (Wildman–Crippen MR) is 60.6 cm³/mol. The summed E-state index contributed by atoms with van der Waals surface area (Å²) in [7, 11) is 0. The molecule has 0 radical (unpaired) electrons. The summed E-state index contributed by atoms with van der Waals surface area (Å²) in [6, 6.07) is 1.12. The number of aromatic amines is 1. The van der Waals surface area contributed by atoms with E-state index in [0.717, 1.165) is 6.07 Å². The van der Waals surface area contributed by atoms with Gasteiger partial charge in [-0.3, -0.25) is 4.79 Å². The summed E-state index contributed by atoms with van der Waals surface area (Å²) in [6.45, 7) is 1.70. The predicted octanol–water partition coefficient (Wildman–Crippen LogP) is 2.38. The molecular formula is C10H10BrF2NO3. The van der Waals surface area contributed by atoms with Crippen molar-refractivity contribution in [3.63, 3.8) is 0 Å². The van der Waals surface area contributed by atoms with Crippen LogP contribution in [0.25, 0.3) is 0 Å². The number of carbonyl (C=O) groups excluding carboxylic acids is 1. The highest BCUT2D eigenvalue weighted by Gasteiger charge is 2.19. The van der Waals surface area contributed by atoms with E-state index in [4.69, 9.17) is 0 Å². The smallest absolute Gasteiger partial charge is 0.343 e. The van der Waals surface area contributed by atoms with Gasteiger partial charge in [0.25, 0.3) is 12.0 Å². The maximum atomic E-state index is 12.6. The fourth-order valence-electron chi connectivity index (χ4n) is 1.25. The van der Waals surface area contributed by atoms with Crippen LogP contribution in [0.3, 0.4) is 0 Å². The fraction of sp³-hybridized carbons (Fsp3) is 0.400. The first-order valence-electron chi connectivity index (χ1n) is 4.78. The number of hydrogen-bond acceptors (Lipinski definition) is 3. The molecule has 1 aromatic heterocycles. The van der Waals surface area contributed by atoms with Gasteiger partial charge in [0, 0.05) is 5.33 Å². The lowest BCUT2D eigenvalue weighted by molar-refractivity contribution is 0.0523. The van der Waals surface area contributed by atoms with E-state index in [0.29, 0.717) is 0 Å². The van der Waals surface area contributed by atoms with Crippen LogP contribution in [-0.2, 0) is 10.1 Å². The summed E-state index contributed by atoms with van der Waals surface area (Å²) in [5.74, 6) is -0.822. The topological polar surface area (TPSA) is 59.2 Å². The molecule has 0 saturated carbocycles. The molecule has 0 aliphatic rings. The molecule has 0 amide bonds. The van der Waals surface area contributed by atoms with Crippen LogP contribution < -0.4 is 5.56 Å². The lowest BCUT2D eigenvalue weighted by atomic mass is 10.1. The van der Waals surface area contributed by atoms with Crippen LogP contribution in [-0.4, -0.2) is 17.6 Å². The molecular weight excluding hydrogens is 300 g/mol. The number of nitrogens with one attached hydrogen (secondary N) is 1. The zero-order valence-electron chi connectivity index (χ0n) is 8.93. The summed E-state index contributed by atoms with van der Waals surface area (Å²) in [5.41, 5.74) is -1.48. The molecule has 94 valence electrons. The second-order valence-electron chi connectivity index (χ2n) is 3.11. The number of pyridine rings is 1. The Labute approximate surface area is 104 Å². The number of H-pyrrole nitrogens is 1. The molecule has 7 heteroatoms. The van der Waals surface area contributed by atoms with Gasteiger partial charge in [-0.2, -0.15) is 0 Å². The first kappa shape index (κ1) is 13.8. The van der Waals surface area contributed by atoms with Crippen LogP contribution in [0, 0.1) is 0 Å². The second-order valence-corrected chi connectivity index (χ2v) is 3.67. The van der Waals surface area contributed by atoms with Crippen LogP contribution >= 0.6 is 15.9 Å². The Hall–Kier alpha value is -1.24. The summed E-state index contributed by atoms with van der Waals surface area (Å²) in [6.07, 6.45) is -2.80. The lowest BCUT2D eigenvalue weighted by Crippen LogP contribution is -2.22. The highest BCUT2D eigenvalue weighted by molar-refractivity contribution is 9.08. The standard InChI is InChI=1S/C10H10BrF2NO3/c1-2-17-10(16)6-3-5(4-11)7(8(12)13)14-9(6)15/h3,8H,2,4H2,1H3,(H,14,15). The third-order valence-corrected chi connectivity index (χ3v) is 2.62. The quantitative estimate of drug-likeness (QED) is 0.686. The van der Waals surface area contributed by atoms with Gasteiger partial charge in [0.2, 0.25) is 0 Å². The number of alkyl halides is 3. The first-order valence-corrected chi connectivity index (χ1v) is 5.90. The largest absolute Gasteiger partial charge is 0.462 e. The van der Waals surface area contributed by atoms with Crippen molar-refractivity contribution < 1.29 is 18.3 Å². The van der Waals surface area contributed by atoms with E-state index in [1.165, 1.54) is 0 Å². The van der Waals surface area contributed by atoms with Crippen molar-refractivity contribution in [1.29, 1.82) is 0 Å². The number of halogens is 3. The van der Waals surface area contributed by atoms with E-state index in [1.807, 2.05) is 4.98 Å². The number of hydrogen-bond donors (Lipinski definition) is 1. The Morgan fingerprint density at radius 2 is 2.24 bits per heavy atom. The number of ether oxygens (including phenoxy) is 1. The lowest BCUT2D eigenvalue weighted by Gasteiger charge is -2.08. The third kappa shape index (κ3) is 3.12. The van der Waals surface area contributed by atoms with E-state index < -0.39 is 23.6 Å². The molecule has 1 rings (SSSR count). The van der Waals surface area contributed by atoms with Gasteiger partial charge < -0.3 is 9.72 Å². The second kappa shape index (κ2) is 5.90. The van der Waals surface area contributed by atoms with Gasteiger partial charge in [-0.05, 0) is 18.6 Å². The maximum absolute atomic E-state index is 12.6. The molecule has 0 aromatic carbocycles. The SMILES string of the molecule is CCOC(=O)c1cc(CBr)c(C(F)F)[nH]c1=O. The van der Waals surface area contributed by atoms with Crippen molar-refractivity contribution in [3.05, 3.63) is 33.2 Å². The third-order valence-electron chi connectivity index (χ3n) is 2.01. The van der Waals surface area contributed by atoms with Crippen LogP contribution in [0.4, 0.5) is 8.78 Å². The van der Waals surface area contributed by atoms with E-state index in [9.17, 15) is 18.4 Å². The summed E-state index contributed by atoms with van der Waals surface area (Å²) in [5, 5.41) is 0.107. The molecule has 1 heterocycles. The number of carbonyl (C=O) groups is 1. The Morgan fingerprint density at radius 3 is 2.71 bits per heavy atom. The Bertz CT molecular complexity index is 473. The number of esters is 1. The van der Waals surface area contributed by atoms with Crippen molar-refractivity contribution in [1.82, 2.24) is 4.98 Å². The van der Waals surface area contributed by atoms with Gasteiger partial charge in [0.15, 0.2) is 0 Å². The highest BCUT2D eigenvalue weighted by atomic mass is 79.9. The van der Waals surface area contributed by atoms with Gasteiger partial charge in [0.1, 0.15) is 5.56 Å². The summed E-state index contributed by atoms with van der Waals surface area (Å²) >= 11 is 3.02. The molecule has 1 aromatic rings. The molecule has 0 unspecified atom stereocenters. The van der Waals surface area contributed by atoms with Crippen molar-refractivity contribution >= 4 is 21.9 Å². The minimum absolute atomic E-state index is 0.107. The molecule has 0 fully saturated rings. The van der Waals surface area contributed by atoms with Crippen LogP contribution in [0.5, 0.6) is 0 Å². The monoisotopic (exact) mass is 309 g/mol. The van der Waals surface area contributed by atoms with E-state index in [-0.39, 0.29) is 23.1 Å². The van der Waals surface area contributed by atoms with Gasteiger partial charge in [0.05, 0.1) is 12.3 Å². The molecule has 4 nitrogen and oxygen atoms in total. The zero-order chi connectivity index (χ0) is 13.0. The average molecular weight is 310 g/mol. The van der Waals surface area contributed by atoms with Crippen LogP contribution in [0.15, 0.2) is 10.9 Å². The number of aromatic nitrogens is 1. The highest BCUT2D eigenvalue weighted by Crippen LogP contribution is 2.22. The maximum Gasteiger partial charge on any atom is 0.343 e. The van der Waals surface area contributed by atoms with E-state index >= 15 is 0 Å². The molecule has 0 saturated heterocycles. The van der Waals surface area contributed by atoms with Gasteiger partial charge in [-0.15, -0.1) is 0 Å². The number of rotatable bonds is 4. The first-order chi connectivity index (χ1) is 8.01. The zero-order valence-corrected chi connectivity index (χ0v) is 10.5. The van der Waals surface area contributed by atoms with Gasteiger partial charge in [-0.1, -0.05) is 15.9 Å². The van der Waals surface area contributed by atoms with Crippen molar-refractivity contribution in [2.45, 2.75) is 18.7 Å². The minimum atomic E-state index is -2.80. The molecule has 1 N–H and O–H groups in total. The summed E-state index contributed by atoms with van der Waals surface area (Å²) in [4.78, 5) is 24.8. The Balaban J connectivity index is 3.27. The Morgan fingerprint density at radius 1 is 1.59 bits per heavy atom.